The summed E-state index contributed by atoms with van der Waals surface area (Å²) in [5.74, 6) is -0.536. The maximum atomic E-state index is 12.9. The molecule has 4 nitrogen and oxygen atoms in total. The van der Waals surface area contributed by atoms with Gasteiger partial charge in [-0.15, -0.1) is 0 Å². The molecule has 21 heavy (non-hydrogen) atoms. The summed E-state index contributed by atoms with van der Waals surface area (Å²) in [5, 5.41) is 0. The first-order valence-electron chi connectivity index (χ1n) is 6.25. The number of carbonyl (C=O) groups is 1. The van der Waals surface area contributed by atoms with Crippen molar-refractivity contribution in [2.75, 3.05) is 13.7 Å². The van der Waals surface area contributed by atoms with Gasteiger partial charge < -0.3 is 14.2 Å². The average Bonchev–Trinajstić information content (AvgIpc) is 2.68. The van der Waals surface area contributed by atoms with Gasteiger partial charge >= 0.3 is 12.1 Å². The molecule has 0 amide bonds. The number of methoxy groups -OCH3 is 1. The SMILES string of the molecule is COC(=O)COc1cc(C(F)(F)F)cc2c1OC(C)(C)C2. The van der Waals surface area contributed by atoms with E-state index in [9.17, 15) is 18.0 Å². The quantitative estimate of drug-likeness (QED) is 0.805. The maximum Gasteiger partial charge on any atom is 0.416 e. The topological polar surface area (TPSA) is 44.8 Å². The molecule has 116 valence electrons. The summed E-state index contributed by atoms with van der Waals surface area (Å²) in [6.45, 7) is 3.06. The molecule has 0 unspecified atom stereocenters. The second-order valence-electron chi connectivity index (χ2n) is 5.36. The number of carbonyl (C=O) groups excluding carboxylic acids is 1. The molecule has 0 radical (unpaired) electrons. The van der Waals surface area contributed by atoms with Crippen LogP contribution in [0.3, 0.4) is 0 Å². The standard InChI is InChI=1S/C14H15F3O4/c1-13(2)6-8-4-9(14(15,16)17)5-10(12(8)21-13)20-7-11(18)19-3/h4-5H,6-7H2,1-3H3. The third-order valence-electron chi connectivity index (χ3n) is 3.03. The minimum atomic E-state index is -4.49. The van der Waals surface area contributed by atoms with Crippen LogP contribution in [0.1, 0.15) is 25.0 Å². The molecular weight excluding hydrogens is 289 g/mol. The van der Waals surface area contributed by atoms with Gasteiger partial charge in [-0.05, 0) is 26.0 Å². The highest BCUT2D eigenvalue weighted by molar-refractivity contribution is 5.71. The number of fused-ring (bicyclic) bond motifs is 1. The molecule has 0 aliphatic carbocycles. The summed E-state index contributed by atoms with van der Waals surface area (Å²) < 4.78 is 53.9. The Morgan fingerprint density at radius 1 is 1.38 bits per heavy atom. The van der Waals surface area contributed by atoms with Gasteiger partial charge in [-0.25, -0.2) is 4.79 Å². The van der Waals surface area contributed by atoms with Crippen LogP contribution in [-0.4, -0.2) is 25.3 Å². The van der Waals surface area contributed by atoms with E-state index in [0.717, 1.165) is 12.1 Å². The first-order valence-corrected chi connectivity index (χ1v) is 6.25. The molecule has 0 bridgehead atoms. The van der Waals surface area contributed by atoms with Crippen molar-refractivity contribution in [3.63, 3.8) is 0 Å². The molecule has 0 saturated carbocycles. The highest BCUT2D eigenvalue weighted by atomic mass is 19.4. The van der Waals surface area contributed by atoms with E-state index in [0.29, 0.717) is 12.0 Å². The molecule has 2 rings (SSSR count). The second-order valence-corrected chi connectivity index (χ2v) is 5.36. The normalized spacial score (nSPS) is 16.1. The lowest BCUT2D eigenvalue weighted by molar-refractivity contribution is -0.142. The van der Waals surface area contributed by atoms with E-state index in [4.69, 9.17) is 9.47 Å². The van der Waals surface area contributed by atoms with E-state index in [2.05, 4.69) is 4.74 Å². The first-order chi connectivity index (χ1) is 9.62. The van der Waals surface area contributed by atoms with Crippen molar-refractivity contribution >= 4 is 5.97 Å². The van der Waals surface area contributed by atoms with Gasteiger partial charge in [0, 0.05) is 12.0 Å². The minimum Gasteiger partial charge on any atom is -0.483 e. The fraction of sp³-hybridized carbons (Fsp3) is 0.500. The molecule has 1 heterocycles. The van der Waals surface area contributed by atoms with Crippen LogP contribution < -0.4 is 9.47 Å². The lowest BCUT2D eigenvalue weighted by Crippen LogP contribution is -2.24. The number of halogens is 3. The molecule has 7 heteroatoms. The fourth-order valence-electron chi connectivity index (χ4n) is 2.14. The lowest BCUT2D eigenvalue weighted by atomic mass is 10.00. The smallest absolute Gasteiger partial charge is 0.416 e. The Morgan fingerprint density at radius 2 is 2.05 bits per heavy atom. The third kappa shape index (κ3) is 3.40. The predicted octanol–water partition coefficient (Wildman–Crippen LogP) is 2.97. The van der Waals surface area contributed by atoms with Crippen LogP contribution in [0.5, 0.6) is 11.5 Å². The summed E-state index contributed by atoms with van der Waals surface area (Å²) in [4.78, 5) is 11.1. The number of benzene rings is 1. The minimum absolute atomic E-state index is 0.101. The fourth-order valence-corrected chi connectivity index (χ4v) is 2.14. The van der Waals surface area contributed by atoms with Crippen LogP contribution in [-0.2, 0) is 22.1 Å². The second kappa shape index (κ2) is 5.13. The summed E-state index contributed by atoms with van der Waals surface area (Å²) in [6.07, 6.45) is -4.16. The monoisotopic (exact) mass is 304 g/mol. The molecule has 0 N–H and O–H groups in total. The number of alkyl halides is 3. The Hall–Kier alpha value is -1.92. The van der Waals surface area contributed by atoms with Crippen molar-refractivity contribution in [2.45, 2.75) is 32.0 Å². The number of esters is 1. The average molecular weight is 304 g/mol. The Kier molecular flexibility index (Phi) is 3.78. The highest BCUT2D eigenvalue weighted by Crippen LogP contribution is 2.45. The van der Waals surface area contributed by atoms with E-state index in [-0.39, 0.29) is 11.5 Å². The number of ether oxygens (including phenoxy) is 3. The van der Waals surface area contributed by atoms with Gasteiger partial charge in [-0.3, -0.25) is 0 Å². The van der Waals surface area contributed by atoms with Crippen LogP contribution in [0, 0.1) is 0 Å². The Labute approximate surface area is 119 Å². The van der Waals surface area contributed by atoms with Crippen molar-refractivity contribution in [3.8, 4) is 11.5 Å². The van der Waals surface area contributed by atoms with Crippen LogP contribution in [0.15, 0.2) is 12.1 Å². The third-order valence-corrected chi connectivity index (χ3v) is 3.03. The van der Waals surface area contributed by atoms with E-state index in [1.165, 1.54) is 7.11 Å². The molecule has 0 fully saturated rings. The van der Waals surface area contributed by atoms with Crippen molar-refractivity contribution in [2.24, 2.45) is 0 Å². The van der Waals surface area contributed by atoms with Gasteiger partial charge in [0.1, 0.15) is 5.60 Å². The van der Waals surface area contributed by atoms with Gasteiger partial charge in [0.25, 0.3) is 0 Å². The molecule has 0 aromatic heterocycles. The van der Waals surface area contributed by atoms with Gasteiger partial charge in [-0.1, -0.05) is 0 Å². The Balaban J connectivity index is 2.38. The summed E-state index contributed by atoms with van der Waals surface area (Å²) in [5.41, 5.74) is -1.03. The van der Waals surface area contributed by atoms with E-state index in [1.807, 2.05) is 0 Å². The van der Waals surface area contributed by atoms with Crippen LogP contribution in [0.25, 0.3) is 0 Å². The molecular formula is C14H15F3O4. The van der Waals surface area contributed by atoms with Crippen molar-refractivity contribution < 1.29 is 32.2 Å². The Morgan fingerprint density at radius 3 is 2.62 bits per heavy atom. The van der Waals surface area contributed by atoms with Gasteiger partial charge in [-0.2, -0.15) is 13.2 Å². The first kappa shape index (κ1) is 15.5. The van der Waals surface area contributed by atoms with Crippen LogP contribution >= 0.6 is 0 Å². The van der Waals surface area contributed by atoms with Gasteiger partial charge in [0.2, 0.25) is 0 Å². The Bertz CT molecular complexity index is 564. The number of hydrogen-bond donors (Lipinski definition) is 0. The van der Waals surface area contributed by atoms with E-state index < -0.39 is 29.9 Å². The van der Waals surface area contributed by atoms with Crippen LogP contribution in [0.4, 0.5) is 13.2 Å². The molecule has 1 aliphatic rings. The van der Waals surface area contributed by atoms with E-state index in [1.54, 1.807) is 13.8 Å². The molecule has 1 aliphatic heterocycles. The van der Waals surface area contributed by atoms with Crippen molar-refractivity contribution in [1.29, 1.82) is 0 Å². The summed E-state index contributed by atoms with van der Waals surface area (Å²) >= 11 is 0. The number of hydrogen-bond acceptors (Lipinski definition) is 4. The zero-order valence-corrected chi connectivity index (χ0v) is 11.8. The van der Waals surface area contributed by atoms with E-state index >= 15 is 0 Å². The van der Waals surface area contributed by atoms with Crippen molar-refractivity contribution in [1.82, 2.24) is 0 Å². The largest absolute Gasteiger partial charge is 0.483 e. The molecule has 1 aromatic carbocycles. The number of rotatable bonds is 3. The van der Waals surface area contributed by atoms with Gasteiger partial charge in [0.15, 0.2) is 18.1 Å². The molecule has 0 spiro atoms. The van der Waals surface area contributed by atoms with Gasteiger partial charge in [0.05, 0.1) is 12.7 Å². The molecule has 0 saturated heterocycles. The zero-order chi connectivity index (χ0) is 15.8. The summed E-state index contributed by atoms with van der Waals surface area (Å²) in [7, 11) is 1.17. The summed E-state index contributed by atoms with van der Waals surface area (Å²) in [6, 6.07) is 1.89. The predicted molar refractivity (Wildman–Crippen MR) is 67.4 cm³/mol. The van der Waals surface area contributed by atoms with Crippen molar-refractivity contribution in [3.05, 3.63) is 23.3 Å². The molecule has 1 aromatic rings. The van der Waals surface area contributed by atoms with Crippen LogP contribution in [0.2, 0.25) is 0 Å². The highest BCUT2D eigenvalue weighted by Gasteiger charge is 2.38. The zero-order valence-electron chi connectivity index (χ0n) is 11.8. The lowest BCUT2D eigenvalue weighted by Gasteiger charge is -2.18. The maximum absolute atomic E-state index is 12.9. The molecule has 0 atom stereocenters.